The smallest absolute Gasteiger partial charge is 0.0945 e. The zero-order valence-electron chi connectivity index (χ0n) is 9.35. The maximum Gasteiger partial charge on any atom is 0.0945 e. The molecule has 1 aliphatic heterocycles. The van der Waals surface area contributed by atoms with Crippen LogP contribution in [-0.4, -0.2) is 24.6 Å². The zero-order chi connectivity index (χ0) is 10.7. The molecule has 0 aliphatic carbocycles. The third-order valence-electron chi connectivity index (χ3n) is 2.85. The van der Waals surface area contributed by atoms with Crippen LogP contribution in [0.4, 0.5) is 0 Å². The van der Waals surface area contributed by atoms with E-state index >= 15 is 0 Å². The van der Waals surface area contributed by atoms with Gasteiger partial charge in [0.25, 0.3) is 0 Å². The van der Waals surface area contributed by atoms with E-state index in [0.29, 0.717) is 4.08 Å². The second kappa shape index (κ2) is 4.83. The molecule has 0 bridgehead atoms. The number of thioether (sulfide) groups is 2. The van der Waals surface area contributed by atoms with Gasteiger partial charge in [0, 0.05) is 29.9 Å². The molecule has 0 saturated carbocycles. The zero-order valence-corrected chi connectivity index (χ0v) is 11.0. The molecule has 1 saturated heterocycles. The summed E-state index contributed by atoms with van der Waals surface area (Å²) in [5.41, 5.74) is 0. The quantitative estimate of drug-likeness (QED) is 0.807. The van der Waals surface area contributed by atoms with Gasteiger partial charge in [0.15, 0.2) is 0 Å². The minimum atomic E-state index is 0.462. The van der Waals surface area contributed by atoms with Crippen molar-refractivity contribution < 1.29 is 0 Å². The SMILES string of the molecule is CCC1(CCn2ccnc2)SCC(C)S1. The van der Waals surface area contributed by atoms with Gasteiger partial charge >= 0.3 is 0 Å². The second-order valence-electron chi connectivity index (χ2n) is 4.05. The third-order valence-corrected chi connectivity index (χ3v) is 6.88. The van der Waals surface area contributed by atoms with E-state index in [1.165, 1.54) is 18.6 Å². The minimum absolute atomic E-state index is 0.462. The Morgan fingerprint density at radius 1 is 1.60 bits per heavy atom. The van der Waals surface area contributed by atoms with Crippen molar-refractivity contribution in [3.8, 4) is 0 Å². The van der Waals surface area contributed by atoms with Gasteiger partial charge < -0.3 is 4.57 Å². The molecular formula is C11H18N2S2. The summed E-state index contributed by atoms with van der Waals surface area (Å²) in [5, 5.41) is 0.817. The Labute approximate surface area is 100 Å². The lowest BCUT2D eigenvalue weighted by molar-refractivity contribution is 0.590. The van der Waals surface area contributed by atoms with E-state index in [0.717, 1.165) is 11.8 Å². The largest absolute Gasteiger partial charge is 0.337 e. The summed E-state index contributed by atoms with van der Waals surface area (Å²) in [4.78, 5) is 4.08. The van der Waals surface area contributed by atoms with E-state index in [4.69, 9.17) is 0 Å². The number of rotatable bonds is 4. The summed E-state index contributed by atoms with van der Waals surface area (Å²) >= 11 is 4.31. The van der Waals surface area contributed by atoms with Crippen molar-refractivity contribution in [3.05, 3.63) is 18.7 Å². The van der Waals surface area contributed by atoms with Gasteiger partial charge in [0.2, 0.25) is 0 Å². The lowest BCUT2D eigenvalue weighted by atomic mass is 10.2. The molecule has 1 aliphatic rings. The van der Waals surface area contributed by atoms with Crippen molar-refractivity contribution in [1.82, 2.24) is 9.55 Å². The molecule has 1 fully saturated rings. The minimum Gasteiger partial charge on any atom is -0.337 e. The fraction of sp³-hybridized carbons (Fsp3) is 0.727. The average Bonchev–Trinajstić information content (AvgIpc) is 2.85. The highest BCUT2D eigenvalue weighted by Crippen LogP contribution is 2.52. The molecule has 2 nitrogen and oxygen atoms in total. The van der Waals surface area contributed by atoms with E-state index in [2.05, 4.69) is 53.1 Å². The van der Waals surface area contributed by atoms with Crippen molar-refractivity contribution in [3.63, 3.8) is 0 Å². The van der Waals surface area contributed by atoms with Gasteiger partial charge in [-0.15, -0.1) is 23.5 Å². The van der Waals surface area contributed by atoms with E-state index in [9.17, 15) is 0 Å². The van der Waals surface area contributed by atoms with Gasteiger partial charge in [-0.3, -0.25) is 0 Å². The Morgan fingerprint density at radius 3 is 3.00 bits per heavy atom. The topological polar surface area (TPSA) is 17.8 Å². The molecule has 15 heavy (non-hydrogen) atoms. The van der Waals surface area contributed by atoms with Gasteiger partial charge in [-0.1, -0.05) is 13.8 Å². The van der Waals surface area contributed by atoms with Crippen LogP contribution in [0, 0.1) is 0 Å². The highest BCUT2D eigenvalue weighted by molar-refractivity contribution is 8.21. The molecule has 1 aromatic heterocycles. The van der Waals surface area contributed by atoms with E-state index in [1.54, 1.807) is 0 Å². The predicted octanol–water partition coefficient (Wildman–Crippen LogP) is 3.25. The number of hydrogen-bond donors (Lipinski definition) is 0. The molecule has 0 N–H and O–H groups in total. The molecule has 0 amide bonds. The molecule has 84 valence electrons. The standard InChI is InChI=1S/C11H18N2S2/c1-3-11(14-8-10(2)15-11)4-6-13-7-5-12-9-13/h5,7,9-10H,3-4,6,8H2,1-2H3. The molecule has 0 radical (unpaired) electrons. The first-order valence-electron chi connectivity index (χ1n) is 5.51. The van der Waals surface area contributed by atoms with Gasteiger partial charge in [0.05, 0.1) is 10.4 Å². The average molecular weight is 242 g/mol. The normalized spacial score (nSPS) is 30.9. The van der Waals surface area contributed by atoms with Crippen molar-refractivity contribution in [2.45, 2.75) is 42.6 Å². The number of imidazole rings is 1. The maximum atomic E-state index is 4.08. The van der Waals surface area contributed by atoms with Crippen LogP contribution in [0.25, 0.3) is 0 Å². The van der Waals surface area contributed by atoms with Crippen LogP contribution in [0.3, 0.4) is 0 Å². The van der Waals surface area contributed by atoms with Gasteiger partial charge in [-0.25, -0.2) is 4.98 Å². The third kappa shape index (κ3) is 2.72. The first-order valence-corrected chi connectivity index (χ1v) is 7.38. The number of nitrogens with zero attached hydrogens (tertiary/aromatic N) is 2. The van der Waals surface area contributed by atoms with Gasteiger partial charge in [-0.2, -0.15) is 0 Å². The first kappa shape index (κ1) is 11.4. The molecule has 2 heterocycles. The molecular weight excluding hydrogens is 224 g/mol. The van der Waals surface area contributed by atoms with Crippen LogP contribution >= 0.6 is 23.5 Å². The summed E-state index contributed by atoms with van der Waals surface area (Å²) in [6.45, 7) is 5.75. The van der Waals surface area contributed by atoms with Crippen LogP contribution in [0.15, 0.2) is 18.7 Å². The van der Waals surface area contributed by atoms with E-state index < -0.39 is 0 Å². The summed E-state index contributed by atoms with van der Waals surface area (Å²) < 4.78 is 2.64. The molecule has 1 aromatic rings. The molecule has 2 atom stereocenters. The Balaban J connectivity index is 1.91. The predicted molar refractivity (Wildman–Crippen MR) is 69.4 cm³/mol. The molecule has 4 heteroatoms. The number of hydrogen-bond acceptors (Lipinski definition) is 3. The fourth-order valence-electron chi connectivity index (χ4n) is 1.92. The van der Waals surface area contributed by atoms with Gasteiger partial charge in [-0.05, 0) is 12.8 Å². The van der Waals surface area contributed by atoms with Crippen LogP contribution in [0.1, 0.15) is 26.7 Å². The van der Waals surface area contributed by atoms with Gasteiger partial charge in [0.1, 0.15) is 0 Å². The first-order chi connectivity index (χ1) is 7.24. The second-order valence-corrected chi connectivity index (χ2v) is 7.54. The molecule has 0 aromatic carbocycles. The Hall–Kier alpha value is -0.0900. The van der Waals surface area contributed by atoms with Crippen molar-refractivity contribution in [2.24, 2.45) is 0 Å². The highest BCUT2D eigenvalue weighted by atomic mass is 32.2. The van der Waals surface area contributed by atoms with Crippen LogP contribution in [0.5, 0.6) is 0 Å². The Bertz CT molecular complexity index is 300. The maximum absolute atomic E-state index is 4.08. The van der Waals surface area contributed by atoms with Crippen LogP contribution in [-0.2, 0) is 6.54 Å². The van der Waals surface area contributed by atoms with Crippen molar-refractivity contribution in [1.29, 1.82) is 0 Å². The van der Waals surface area contributed by atoms with E-state index in [-0.39, 0.29) is 0 Å². The number of aromatic nitrogens is 2. The van der Waals surface area contributed by atoms with Crippen molar-refractivity contribution >= 4 is 23.5 Å². The molecule has 2 rings (SSSR count). The summed E-state index contributed by atoms with van der Waals surface area (Å²) in [6.07, 6.45) is 8.34. The fourth-order valence-corrected chi connectivity index (χ4v) is 5.45. The van der Waals surface area contributed by atoms with E-state index in [1.807, 2.05) is 12.5 Å². The summed E-state index contributed by atoms with van der Waals surface area (Å²) in [7, 11) is 0. The summed E-state index contributed by atoms with van der Waals surface area (Å²) in [6, 6.07) is 0. The highest BCUT2D eigenvalue weighted by Gasteiger charge is 2.36. The van der Waals surface area contributed by atoms with Crippen LogP contribution < -0.4 is 0 Å². The monoisotopic (exact) mass is 242 g/mol. The lowest BCUT2D eigenvalue weighted by Gasteiger charge is -2.26. The van der Waals surface area contributed by atoms with Crippen molar-refractivity contribution in [2.75, 3.05) is 5.75 Å². The number of aryl methyl sites for hydroxylation is 1. The molecule has 0 spiro atoms. The molecule has 2 unspecified atom stereocenters. The lowest BCUT2D eigenvalue weighted by Crippen LogP contribution is -2.18. The Kier molecular flexibility index (Phi) is 3.67. The summed E-state index contributed by atoms with van der Waals surface area (Å²) in [5.74, 6) is 1.31. The Morgan fingerprint density at radius 2 is 2.47 bits per heavy atom. The van der Waals surface area contributed by atoms with Crippen LogP contribution in [0.2, 0.25) is 0 Å².